The van der Waals surface area contributed by atoms with E-state index in [9.17, 15) is 4.79 Å². The van der Waals surface area contributed by atoms with Gasteiger partial charge in [-0.3, -0.25) is 9.93 Å². The molecule has 0 fully saturated rings. The van der Waals surface area contributed by atoms with Crippen LogP contribution in [0.5, 0.6) is 11.6 Å². The zero-order valence-corrected chi connectivity index (χ0v) is 18.3. The fourth-order valence-electron chi connectivity index (χ4n) is 3.21. The number of aromatic nitrogens is 1. The summed E-state index contributed by atoms with van der Waals surface area (Å²) in [7, 11) is 0. The number of hydrogen-bond acceptors (Lipinski definition) is 5. The summed E-state index contributed by atoms with van der Waals surface area (Å²) < 4.78 is 6.03. The Hall–Kier alpha value is -3.06. The standard InChI is InChI=1S/C24H20ClN3O2S/c1-15-6-8-18(9-7-15)30-24-20-13-17(14-22(31-26)19(20)10-11-27-24)28-23(29)12-16-4-2-3-5-21(16)25/h2-11,13-14H,12,26H2,1H3,(H,28,29). The summed E-state index contributed by atoms with van der Waals surface area (Å²) in [5.74, 6) is 0.949. The second-order valence-electron chi connectivity index (χ2n) is 7.03. The molecule has 4 aromatic rings. The summed E-state index contributed by atoms with van der Waals surface area (Å²) in [5.41, 5.74) is 2.52. The van der Waals surface area contributed by atoms with Crippen LogP contribution in [-0.2, 0) is 11.2 Å². The van der Waals surface area contributed by atoms with Crippen molar-refractivity contribution in [1.29, 1.82) is 0 Å². The number of ether oxygens (including phenoxy) is 1. The molecule has 0 bridgehead atoms. The number of pyridine rings is 1. The summed E-state index contributed by atoms with van der Waals surface area (Å²) in [6.45, 7) is 2.02. The zero-order chi connectivity index (χ0) is 21.8. The van der Waals surface area contributed by atoms with Crippen molar-refractivity contribution in [3.8, 4) is 11.6 Å². The number of carbonyl (C=O) groups excluding carboxylic acids is 1. The molecule has 0 aliphatic carbocycles. The van der Waals surface area contributed by atoms with Gasteiger partial charge in [0.1, 0.15) is 5.75 Å². The molecule has 1 heterocycles. The highest BCUT2D eigenvalue weighted by molar-refractivity contribution is 7.97. The Labute approximate surface area is 189 Å². The van der Waals surface area contributed by atoms with Crippen molar-refractivity contribution < 1.29 is 9.53 Å². The number of amides is 1. The lowest BCUT2D eigenvalue weighted by Gasteiger charge is -2.13. The molecule has 4 rings (SSSR count). The predicted molar refractivity (Wildman–Crippen MR) is 127 cm³/mol. The molecule has 0 spiro atoms. The van der Waals surface area contributed by atoms with E-state index in [1.54, 1.807) is 12.3 Å². The van der Waals surface area contributed by atoms with E-state index in [1.807, 2.05) is 67.6 Å². The molecule has 0 saturated heterocycles. The van der Waals surface area contributed by atoms with Gasteiger partial charge >= 0.3 is 0 Å². The van der Waals surface area contributed by atoms with Crippen LogP contribution < -0.4 is 15.2 Å². The summed E-state index contributed by atoms with van der Waals surface area (Å²) in [6, 6.07) is 20.6. The molecule has 31 heavy (non-hydrogen) atoms. The molecule has 1 aromatic heterocycles. The molecule has 1 amide bonds. The molecule has 156 valence electrons. The van der Waals surface area contributed by atoms with Crippen LogP contribution in [-0.4, -0.2) is 10.9 Å². The van der Waals surface area contributed by atoms with E-state index in [2.05, 4.69) is 10.3 Å². The molecular weight excluding hydrogens is 430 g/mol. The molecule has 5 nitrogen and oxygen atoms in total. The molecule has 0 radical (unpaired) electrons. The lowest BCUT2D eigenvalue weighted by atomic mass is 10.1. The van der Waals surface area contributed by atoms with Gasteiger partial charge in [0.25, 0.3) is 0 Å². The van der Waals surface area contributed by atoms with Crippen LogP contribution in [0.4, 0.5) is 5.69 Å². The average molecular weight is 450 g/mol. The van der Waals surface area contributed by atoms with Gasteiger partial charge in [0.15, 0.2) is 0 Å². The number of benzene rings is 3. The number of nitrogens with one attached hydrogen (secondary N) is 1. The van der Waals surface area contributed by atoms with Gasteiger partial charge in [0.05, 0.1) is 6.42 Å². The number of rotatable bonds is 6. The molecule has 0 aliphatic rings. The highest BCUT2D eigenvalue weighted by Crippen LogP contribution is 2.35. The van der Waals surface area contributed by atoms with Gasteiger partial charge in [-0.25, -0.2) is 4.98 Å². The predicted octanol–water partition coefficient (Wildman–Crippen LogP) is 6.14. The second kappa shape index (κ2) is 9.39. The number of nitrogens with two attached hydrogens (primary N) is 1. The van der Waals surface area contributed by atoms with E-state index in [1.165, 1.54) is 0 Å². The van der Waals surface area contributed by atoms with Crippen LogP contribution in [0.1, 0.15) is 11.1 Å². The number of anilines is 1. The molecule has 7 heteroatoms. The van der Waals surface area contributed by atoms with E-state index >= 15 is 0 Å². The monoisotopic (exact) mass is 449 g/mol. The van der Waals surface area contributed by atoms with Gasteiger partial charge < -0.3 is 10.1 Å². The van der Waals surface area contributed by atoms with E-state index in [4.69, 9.17) is 21.5 Å². The van der Waals surface area contributed by atoms with Gasteiger partial charge in [-0.15, -0.1) is 0 Å². The second-order valence-corrected chi connectivity index (χ2v) is 8.12. The smallest absolute Gasteiger partial charge is 0.228 e. The maximum Gasteiger partial charge on any atom is 0.228 e. The summed E-state index contributed by atoms with van der Waals surface area (Å²) in [4.78, 5) is 17.8. The van der Waals surface area contributed by atoms with Gasteiger partial charge in [0.2, 0.25) is 11.8 Å². The highest BCUT2D eigenvalue weighted by Gasteiger charge is 2.13. The Kier molecular flexibility index (Phi) is 6.42. The zero-order valence-electron chi connectivity index (χ0n) is 16.8. The van der Waals surface area contributed by atoms with Crippen LogP contribution in [0.15, 0.2) is 77.8 Å². The lowest BCUT2D eigenvalue weighted by molar-refractivity contribution is -0.115. The largest absolute Gasteiger partial charge is 0.438 e. The van der Waals surface area contributed by atoms with E-state index < -0.39 is 0 Å². The Balaban J connectivity index is 1.65. The number of fused-ring (bicyclic) bond motifs is 1. The number of halogens is 1. The molecule has 3 aromatic carbocycles. The molecular formula is C24H20ClN3O2S. The lowest BCUT2D eigenvalue weighted by Crippen LogP contribution is -2.14. The first-order valence-electron chi connectivity index (χ1n) is 9.61. The number of nitrogens with zero attached hydrogens (tertiary/aromatic N) is 1. The third-order valence-electron chi connectivity index (χ3n) is 4.76. The number of carbonyl (C=O) groups is 1. The Morgan fingerprint density at radius 1 is 1.10 bits per heavy atom. The summed E-state index contributed by atoms with van der Waals surface area (Å²) in [6.07, 6.45) is 1.85. The third kappa shape index (κ3) is 4.99. The molecule has 0 saturated carbocycles. The quantitative estimate of drug-likeness (QED) is 0.346. The van der Waals surface area contributed by atoms with Gasteiger partial charge in [-0.05, 0) is 60.8 Å². The topological polar surface area (TPSA) is 77.2 Å². The van der Waals surface area contributed by atoms with Crippen molar-refractivity contribution in [2.45, 2.75) is 18.2 Å². The van der Waals surface area contributed by atoms with Crippen LogP contribution in [0.25, 0.3) is 10.8 Å². The Morgan fingerprint density at radius 3 is 2.61 bits per heavy atom. The minimum absolute atomic E-state index is 0.169. The summed E-state index contributed by atoms with van der Waals surface area (Å²) in [5, 5.41) is 11.1. The van der Waals surface area contributed by atoms with Crippen molar-refractivity contribution in [2.75, 3.05) is 5.32 Å². The van der Waals surface area contributed by atoms with Crippen molar-refractivity contribution in [2.24, 2.45) is 5.14 Å². The molecule has 0 atom stereocenters. The maximum absolute atomic E-state index is 12.6. The van der Waals surface area contributed by atoms with E-state index in [0.717, 1.165) is 38.7 Å². The number of aryl methyl sites for hydroxylation is 1. The summed E-state index contributed by atoms with van der Waals surface area (Å²) >= 11 is 7.29. The Morgan fingerprint density at radius 2 is 1.87 bits per heavy atom. The highest BCUT2D eigenvalue weighted by atomic mass is 35.5. The van der Waals surface area contributed by atoms with E-state index in [0.29, 0.717) is 22.3 Å². The minimum Gasteiger partial charge on any atom is -0.438 e. The van der Waals surface area contributed by atoms with Crippen molar-refractivity contribution in [1.82, 2.24) is 4.98 Å². The minimum atomic E-state index is -0.176. The first-order chi connectivity index (χ1) is 15.0. The van der Waals surface area contributed by atoms with Gasteiger partial charge in [0, 0.05) is 32.6 Å². The van der Waals surface area contributed by atoms with Crippen LogP contribution in [0.3, 0.4) is 0 Å². The number of hydrogen-bond donors (Lipinski definition) is 2. The fourth-order valence-corrected chi connectivity index (χ4v) is 3.92. The molecule has 3 N–H and O–H groups in total. The first-order valence-corrected chi connectivity index (χ1v) is 10.9. The van der Waals surface area contributed by atoms with Crippen molar-refractivity contribution in [3.05, 3.63) is 89.1 Å². The molecule has 0 aliphatic heterocycles. The Bertz CT molecular complexity index is 1250. The van der Waals surface area contributed by atoms with Crippen molar-refractivity contribution in [3.63, 3.8) is 0 Å². The van der Waals surface area contributed by atoms with Crippen LogP contribution in [0.2, 0.25) is 5.02 Å². The first kappa shape index (κ1) is 21.2. The van der Waals surface area contributed by atoms with Gasteiger partial charge in [-0.1, -0.05) is 47.5 Å². The molecule has 0 unspecified atom stereocenters. The third-order valence-corrected chi connectivity index (χ3v) is 5.72. The van der Waals surface area contributed by atoms with Crippen LogP contribution >= 0.6 is 23.5 Å². The average Bonchev–Trinajstić information content (AvgIpc) is 2.77. The normalized spacial score (nSPS) is 10.8. The van der Waals surface area contributed by atoms with E-state index in [-0.39, 0.29) is 12.3 Å². The fraction of sp³-hybridized carbons (Fsp3) is 0.0833. The van der Waals surface area contributed by atoms with Gasteiger partial charge in [-0.2, -0.15) is 0 Å². The van der Waals surface area contributed by atoms with Crippen LogP contribution in [0, 0.1) is 6.92 Å². The SMILES string of the molecule is Cc1ccc(Oc2nccc3c(SN)cc(NC(=O)Cc4ccccc4Cl)cc23)cc1. The van der Waals surface area contributed by atoms with Crippen molar-refractivity contribution >= 4 is 45.9 Å². The maximum atomic E-state index is 12.6.